The highest BCUT2D eigenvalue weighted by molar-refractivity contribution is 5.88. The molecule has 5 heteroatoms. The number of likely N-dealkylation sites (tertiary alicyclic amines) is 1. The number of likely N-dealkylation sites (N-methyl/N-ethyl adjacent to an activating group) is 2. The minimum absolute atomic E-state index is 0.0343. The molecule has 0 saturated carbocycles. The van der Waals surface area contributed by atoms with E-state index in [1.165, 1.54) is 6.92 Å². The summed E-state index contributed by atoms with van der Waals surface area (Å²) >= 11 is 0. The molecule has 86 valence electrons. The average Bonchev–Trinajstić information content (AvgIpc) is 2.60. The van der Waals surface area contributed by atoms with E-state index in [9.17, 15) is 9.59 Å². The van der Waals surface area contributed by atoms with E-state index in [1.807, 2.05) is 19.0 Å². The summed E-state index contributed by atoms with van der Waals surface area (Å²) < 4.78 is 0. The van der Waals surface area contributed by atoms with Crippen molar-refractivity contribution in [2.45, 2.75) is 25.4 Å². The monoisotopic (exact) mass is 213 g/mol. The van der Waals surface area contributed by atoms with Crippen LogP contribution in [0.3, 0.4) is 0 Å². The molecular weight excluding hydrogens is 194 g/mol. The number of nitrogens with one attached hydrogen (secondary N) is 1. The van der Waals surface area contributed by atoms with E-state index in [1.54, 1.807) is 11.9 Å². The topological polar surface area (TPSA) is 52.7 Å². The molecule has 0 bridgehead atoms. The average molecular weight is 213 g/mol. The third-order valence-electron chi connectivity index (χ3n) is 2.95. The van der Waals surface area contributed by atoms with Crippen LogP contribution in [-0.2, 0) is 9.59 Å². The Morgan fingerprint density at radius 3 is 2.40 bits per heavy atom. The van der Waals surface area contributed by atoms with Crippen LogP contribution >= 0.6 is 0 Å². The third kappa shape index (κ3) is 2.28. The molecule has 0 aromatic heterocycles. The zero-order valence-corrected chi connectivity index (χ0v) is 9.78. The SMILES string of the molecule is CNC(=O)[C@@H]1[C@@H](N(C)C)CCN1C(C)=O. The maximum Gasteiger partial charge on any atom is 0.244 e. The Balaban J connectivity index is 2.87. The fraction of sp³-hybridized carbons (Fsp3) is 0.800. The molecule has 0 aliphatic carbocycles. The second-order valence-corrected chi connectivity index (χ2v) is 4.09. The predicted molar refractivity (Wildman–Crippen MR) is 57.3 cm³/mol. The molecule has 1 fully saturated rings. The van der Waals surface area contributed by atoms with Gasteiger partial charge in [-0.05, 0) is 20.5 Å². The van der Waals surface area contributed by atoms with Crippen LogP contribution in [-0.4, -0.2) is 61.4 Å². The highest BCUT2D eigenvalue weighted by Crippen LogP contribution is 2.21. The van der Waals surface area contributed by atoms with Gasteiger partial charge >= 0.3 is 0 Å². The summed E-state index contributed by atoms with van der Waals surface area (Å²) in [6.07, 6.45) is 0.852. The van der Waals surface area contributed by atoms with E-state index >= 15 is 0 Å². The second-order valence-electron chi connectivity index (χ2n) is 4.09. The minimum Gasteiger partial charge on any atom is -0.357 e. The van der Waals surface area contributed by atoms with E-state index in [4.69, 9.17) is 0 Å². The van der Waals surface area contributed by atoms with Crippen molar-refractivity contribution in [3.8, 4) is 0 Å². The van der Waals surface area contributed by atoms with Gasteiger partial charge in [0.25, 0.3) is 0 Å². The smallest absolute Gasteiger partial charge is 0.244 e. The zero-order chi connectivity index (χ0) is 11.6. The lowest BCUT2D eigenvalue weighted by Crippen LogP contribution is -2.52. The van der Waals surface area contributed by atoms with Crippen LogP contribution in [0.4, 0.5) is 0 Å². The van der Waals surface area contributed by atoms with E-state index in [2.05, 4.69) is 5.32 Å². The van der Waals surface area contributed by atoms with Gasteiger partial charge in [0.1, 0.15) is 6.04 Å². The maximum absolute atomic E-state index is 11.7. The Morgan fingerprint density at radius 2 is 2.00 bits per heavy atom. The minimum atomic E-state index is -0.345. The lowest BCUT2D eigenvalue weighted by atomic mass is 10.1. The number of rotatable bonds is 2. The Morgan fingerprint density at radius 1 is 1.40 bits per heavy atom. The lowest BCUT2D eigenvalue weighted by molar-refractivity contribution is -0.137. The molecule has 1 heterocycles. The quantitative estimate of drug-likeness (QED) is 0.659. The van der Waals surface area contributed by atoms with Crippen LogP contribution in [0.15, 0.2) is 0 Å². The molecule has 5 nitrogen and oxygen atoms in total. The fourth-order valence-electron chi connectivity index (χ4n) is 2.13. The molecule has 0 unspecified atom stereocenters. The molecule has 1 aliphatic heterocycles. The standard InChI is InChI=1S/C10H19N3O2/c1-7(14)13-6-5-8(12(3)4)9(13)10(15)11-2/h8-9H,5-6H2,1-4H3,(H,11,15)/t8-,9-/m0/s1. The van der Waals surface area contributed by atoms with Crippen molar-refractivity contribution in [1.82, 2.24) is 15.1 Å². The van der Waals surface area contributed by atoms with Crippen molar-refractivity contribution in [2.24, 2.45) is 0 Å². The number of amides is 2. The first-order valence-corrected chi connectivity index (χ1v) is 5.14. The van der Waals surface area contributed by atoms with Gasteiger partial charge in [-0.15, -0.1) is 0 Å². The third-order valence-corrected chi connectivity index (χ3v) is 2.95. The number of hydrogen-bond acceptors (Lipinski definition) is 3. The zero-order valence-electron chi connectivity index (χ0n) is 9.78. The maximum atomic E-state index is 11.7. The first-order chi connectivity index (χ1) is 6.99. The molecule has 1 aliphatic rings. The van der Waals surface area contributed by atoms with E-state index < -0.39 is 0 Å². The highest BCUT2D eigenvalue weighted by Gasteiger charge is 2.41. The summed E-state index contributed by atoms with van der Waals surface area (Å²) in [7, 11) is 5.47. The molecule has 0 spiro atoms. The molecule has 1 rings (SSSR count). The largest absolute Gasteiger partial charge is 0.357 e. The second kappa shape index (κ2) is 4.61. The van der Waals surface area contributed by atoms with Crippen LogP contribution in [0, 0.1) is 0 Å². The predicted octanol–water partition coefficient (Wildman–Crippen LogP) is -0.717. The molecule has 2 amide bonds. The van der Waals surface area contributed by atoms with Gasteiger partial charge in [-0.3, -0.25) is 9.59 Å². The lowest BCUT2D eigenvalue weighted by Gasteiger charge is -2.29. The first-order valence-electron chi connectivity index (χ1n) is 5.14. The van der Waals surface area contributed by atoms with Crippen molar-refractivity contribution in [1.29, 1.82) is 0 Å². The summed E-state index contributed by atoms with van der Waals surface area (Å²) in [5.41, 5.74) is 0. The number of carbonyl (C=O) groups is 2. The van der Waals surface area contributed by atoms with Crippen LogP contribution in [0.5, 0.6) is 0 Å². The number of nitrogens with zero attached hydrogens (tertiary/aromatic N) is 2. The summed E-state index contributed by atoms with van der Waals surface area (Å²) in [5.74, 6) is -0.116. The van der Waals surface area contributed by atoms with Crippen LogP contribution in [0.1, 0.15) is 13.3 Å². The number of carbonyl (C=O) groups excluding carboxylic acids is 2. The number of hydrogen-bond donors (Lipinski definition) is 1. The molecule has 0 aromatic carbocycles. The van der Waals surface area contributed by atoms with Crippen LogP contribution in [0.2, 0.25) is 0 Å². The summed E-state index contributed by atoms with van der Waals surface area (Å²) in [6, 6.07) is -0.226. The van der Waals surface area contributed by atoms with Gasteiger partial charge in [0, 0.05) is 26.6 Å². The summed E-state index contributed by atoms with van der Waals surface area (Å²) in [4.78, 5) is 26.7. The van der Waals surface area contributed by atoms with Crippen molar-refractivity contribution in [3.05, 3.63) is 0 Å². The van der Waals surface area contributed by atoms with Gasteiger partial charge < -0.3 is 15.1 Å². The molecule has 0 radical (unpaired) electrons. The van der Waals surface area contributed by atoms with Crippen molar-refractivity contribution < 1.29 is 9.59 Å². The Bertz CT molecular complexity index is 265. The van der Waals surface area contributed by atoms with Gasteiger partial charge in [0.15, 0.2) is 0 Å². The normalized spacial score (nSPS) is 25.8. The molecule has 1 N–H and O–H groups in total. The fourth-order valence-corrected chi connectivity index (χ4v) is 2.13. The molecule has 15 heavy (non-hydrogen) atoms. The Labute approximate surface area is 90.4 Å². The molecule has 2 atom stereocenters. The van der Waals surface area contributed by atoms with E-state index in [0.717, 1.165) is 6.42 Å². The molecular formula is C10H19N3O2. The molecule has 1 saturated heterocycles. The van der Waals surface area contributed by atoms with Crippen LogP contribution in [0.25, 0.3) is 0 Å². The van der Waals surface area contributed by atoms with E-state index in [0.29, 0.717) is 6.54 Å². The van der Waals surface area contributed by atoms with Crippen LogP contribution < -0.4 is 5.32 Å². The van der Waals surface area contributed by atoms with Crippen molar-refractivity contribution in [3.63, 3.8) is 0 Å². The van der Waals surface area contributed by atoms with Gasteiger partial charge in [-0.1, -0.05) is 0 Å². The van der Waals surface area contributed by atoms with Crippen molar-refractivity contribution >= 4 is 11.8 Å². The summed E-state index contributed by atoms with van der Waals surface area (Å²) in [5, 5.41) is 2.62. The van der Waals surface area contributed by atoms with Gasteiger partial charge in [0.05, 0.1) is 0 Å². The van der Waals surface area contributed by atoms with Gasteiger partial charge in [0.2, 0.25) is 11.8 Å². The van der Waals surface area contributed by atoms with Gasteiger partial charge in [-0.2, -0.15) is 0 Å². The highest BCUT2D eigenvalue weighted by atomic mass is 16.2. The Kier molecular flexibility index (Phi) is 3.68. The van der Waals surface area contributed by atoms with Crippen molar-refractivity contribution in [2.75, 3.05) is 27.7 Å². The Hall–Kier alpha value is -1.10. The first kappa shape index (κ1) is 12.0. The summed E-state index contributed by atoms with van der Waals surface area (Å²) in [6.45, 7) is 2.17. The van der Waals surface area contributed by atoms with E-state index in [-0.39, 0.29) is 23.9 Å². The van der Waals surface area contributed by atoms with Gasteiger partial charge in [-0.25, -0.2) is 0 Å². The molecule has 0 aromatic rings.